The predicted octanol–water partition coefficient (Wildman–Crippen LogP) is 2.14. The Labute approximate surface area is 92.8 Å². The minimum Gasteiger partial charge on any atom is -0.508 e. The Morgan fingerprint density at radius 1 is 1.25 bits per heavy atom. The van der Waals surface area contributed by atoms with Crippen LogP contribution < -0.4 is 0 Å². The van der Waals surface area contributed by atoms with Gasteiger partial charge in [-0.2, -0.15) is 0 Å². The Hall–Kier alpha value is -2.23. The van der Waals surface area contributed by atoms with Gasteiger partial charge in [-0.25, -0.2) is 0 Å². The molecule has 0 spiro atoms. The van der Waals surface area contributed by atoms with Crippen molar-refractivity contribution in [3.05, 3.63) is 41.7 Å². The summed E-state index contributed by atoms with van der Waals surface area (Å²) in [5, 5.41) is 27.5. The molecule has 0 aliphatic heterocycles. The molecule has 0 saturated heterocycles. The number of carbonyl (C=O) groups is 1. The first-order valence-corrected chi connectivity index (χ1v) is 4.60. The summed E-state index contributed by atoms with van der Waals surface area (Å²) >= 11 is 0. The van der Waals surface area contributed by atoms with Gasteiger partial charge in [0.2, 0.25) is 0 Å². The topological polar surface area (TPSA) is 77.8 Å². The Morgan fingerprint density at radius 3 is 2.50 bits per heavy atom. The second-order valence-electron chi connectivity index (χ2n) is 3.26. The number of aliphatic hydroxyl groups excluding tert-OH is 1. The van der Waals surface area contributed by atoms with Gasteiger partial charge in [-0.05, 0) is 30.7 Å². The van der Waals surface area contributed by atoms with Crippen molar-refractivity contribution in [3.8, 4) is 11.5 Å². The van der Waals surface area contributed by atoms with E-state index in [0.29, 0.717) is 5.56 Å². The normalized spacial score (nSPS) is 11.9. The third kappa shape index (κ3) is 3.49. The molecule has 1 rings (SSSR count). The summed E-state index contributed by atoms with van der Waals surface area (Å²) in [4.78, 5) is 10.6. The van der Waals surface area contributed by atoms with E-state index in [0.717, 1.165) is 6.08 Å². The Kier molecular flexibility index (Phi) is 3.72. The summed E-state index contributed by atoms with van der Waals surface area (Å²) in [6.07, 6.45) is 3.91. The van der Waals surface area contributed by atoms with Crippen molar-refractivity contribution in [3.63, 3.8) is 0 Å². The Morgan fingerprint density at radius 2 is 1.94 bits per heavy atom. The lowest BCUT2D eigenvalue weighted by Crippen LogP contribution is -1.84. The second kappa shape index (κ2) is 5.02. The third-order valence-electron chi connectivity index (χ3n) is 1.80. The first kappa shape index (κ1) is 11.8. The molecule has 0 fully saturated rings. The summed E-state index contributed by atoms with van der Waals surface area (Å²) in [6.45, 7) is 1.33. The van der Waals surface area contributed by atoms with Crippen LogP contribution in [0.15, 0.2) is 36.1 Å². The summed E-state index contributed by atoms with van der Waals surface area (Å²) in [6, 6.07) is 4.24. The maximum absolute atomic E-state index is 10.6. The number of hydrogen-bond donors (Lipinski definition) is 3. The lowest BCUT2D eigenvalue weighted by molar-refractivity contribution is -0.112. The first-order chi connectivity index (χ1) is 7.49. The van der Waals surface area contributed by atoms with Gasteiger partial charge >= 0.3 is 0 Å². The quantitative estimate of drug-likeness (QED) is 0.315. The molecule has 0 heterocycles. The first-order valence-electron chi connectivity index (χ1n) is 4.60. The van der Waals surface area contributed by atoms with Gasteiger partial charge in [0.25, 0.3) is 0 Å². The van der Waals surface area contributed by atoms with E-state index < -0.39 is 0 Å². The van der Waals surface area contributed by atoms with Gasteiger partial charge in [0.1, 0.15) is 5.76 Å². The molecular weight excluding hydrogens is 208 g/mol. The highest BCUT2D eigenvalue weighted by Gasteiger charge is 1.98. The number of aliphatic hydroxyl groups is 1. The summed E-state index contributed by atoms with van der Waals surface area (Å²) in [7, 11) is 0. The van der Waals surface area contributed by atoms with Gasteiger partial charge < -0.3 is 15.3 Å². The number of carbonyl (C=O) groups excluding carboxylic acids is 1. The van der Waals surface area contributed by atoms with Gasteiger partial charge in [0.15, 0.2) is 17.3 Å². The highest BCUT2D eigenvalue weighted by molar-refractivity contribution is 5.88. The molecule has 0 saturated carbocycles. The molecule has 0 aliphatic rings. The molecule has 0 aromatic heterocycles. The monoisotopic (exact) mass is 220 g/mol. The van der Waals surface area contributed by atoms with E-state index in [1.165, 1.54) is 31.2 Å². The van der Waals surface area contributed by atoms with Gasteiger partial charge in [-0.15, -0.1) is 0 Å². The fourth-order valence-electron chi connectivity index (χ4n) is 1.08. The third-order valence-corrected chi connectivity index (χ3v) is 1.80. The number of aromatic hydroxyl groups is 2. The molecule has 0 bridgehead atoms. The second-order valence-corrected chi connectivity index (χ2v) is 3.26. The molecular formula is C12H12O4. The van der Waals surface area contributed by atoms with Crippen LogP contribution in [0, 0.1) is 0 Å². The van der Waals surface area contributed by atoms with E-state index >= 15 is 0 Å². The fraction of sp³-hybridized carbons (Fsp3) is 0.0833. The summed E-state index contributed by atoms with van der Waals surface area (Å²) in [5.41, 5.74) is 0.596. The van der Waals surface area contributed by atoms with Crippen LogP contribution in [0.25, 0.3) is 6.08 Å². The maximum Gasteiger partial charge on any atom is 0.157 e. The smallest absolute Gasteiger partial charge is 0.157 e. The number of hydrogen-bond acceptors (Lipinski definition) is 4. The number of rotatable bonds is 3. The lowest BCUT2D eigenvalue weighted by atomic mass is 10.2. The zero-order chi connectivity index (χ0) is 12.1. The molecule has 16 heavy (non-hydrogen) atoms. The lowest BCUT2D eigenvalue weighted by Gasteiger charge is -1.98. The van der Waals surface area contributed by atoms with Crippen LogP contribution in [0.1, 0.15) is 12.5 Å². The van der Waals surface area contributed by atoms with Gasteiger partial charge in [-0.3, -0.25) is 4.79 Å². The molecule has 0 atom stereocenters. The van der Waals surface area contributed by atoms with E-state index in [9.17, 15) is 15.0 Å². The number of ketones is 1. The number of phenols is 2. The van der Waals surface area contributed by atoms with E-state index in [1.807, 2.05) is 0 Å². The van der Waals surface area contributed by atoms with Crippen LogP contribution in [0.3, 0.4) is 0 Å². The van der Waals surface area contributed by atoms with Crippen molar-refractivity contribution in [2.45, 2.75) is 6.92 Å². The van der Waals surface area contributed by atoms with Crippen molar-refractivity contribution in [1.29, 1.82) is 0 Å². The van der Waals surface area contributed by atoms with E-state index in [1.54, 1.807) is 6.07 Å². The Balaban J connectivity index is 2.84. The highest BCUT2D eigenvalue weighted by Crippen LogP contribution is 2.25. The van der Waals surface area contributed by atoms with Gasteiger partial charge in [0.05, 0.1) is 0 Å². The average molecular weight is 220 g/mol. The predicted molar refractivity (Wildman–Crippen MR) is 60.2 cm³/mol. The molecule has 4 heteroatoms. The van der Waals surface area contributed by atoms with Crippen molar-refractivity contribution in [2.75, 3.05) is 0 Å². The summed E-state index contributed by atoms with van der Waals surface area (Å²) < 4.78 is 0. The van der Waals surface area contributed by atoms with E-state index in [2.05, 4.69) is 0 Å². The van der Waals surface area contributed by atoms with Crippen molar-refractivity contribution < 1.29 is 20.1 Å². The van der Waals surface area contributed by atoms with Crippen LogP contribution in [-0.4, -0.2) is 21.1 Å². The molecule has 0 radical (unpaired) electrons. The standard InChI is InChI=1S/C12H12O4/c1-8(13)6-10(14)4-2-9-3-5-11(15)12(16)7-9/h2-7,14-16H,1H3/b4-2+,10-6+. The summed E-state index contributed by atoms with van der Waals surface area (Å²) in [5.74, 6) is -0.867. The number of benzene rings is 1. The zero-order valence-corrected chi connectivity index (χ0v) is 8.71. The van der Waals surface area contributed by atoms with Gasteiger partial charge in [0, 0.05) is 6.08 Å². The molecule has 0 amide bonds. The number of allylic oxidation sites excluding steroid dienone is 2. The zero-order valence-electron chi connectivity index (χ0n) is 8.71. The SMILES string of the molecule is CC(=O)/C=C(O)\C=C\c1ccc(O)c(O)c1. The van der Waals surface area contributed by atoms with Crippen molar-refractivity contribution in [1.82, 2.24) is 0 Å². The molecule has 0 aliphatic carbocycles. The molecule has 1 aromatic carbocycles. The Bertz CT molecular complexity index is 458. The van der Waals surface area contributed by atoms with Gasteiger partial charge in [-0.1, -0.05) is 12.1 Å². The number of phenolic OH excluding ortho intramolecular Hbond substituents is 2. The molecule has 0 unspecified atom stereocenters. The molecule has 3 N–H and O–H groups in total. The minimum atomic E-state index is -0.254. The average Bonchev–Trinajstić information content (AvgIpc) is 2.19. The van der Waals surface area contributed by atoms with Crippen LogP contribution in [-0.2, 0) is 4.79 Å². The fourth-order valence-corrected chi connectivity index (χ4v) is 1.08. The van der Waals surface area contributed by atoms with Crippen LogP contribution >= 0.6 is 0 Å². The highest BCUT2D eigenvalue weighted by atomic mass is 16.3. The molecule has 84 valence electrons. The van der Waals surface area contributed by atoms with Crippen LogP contribution in [0.4, 0.5) is 0 Å². The molecule has 1 aromatic rings. The maximum atomic E-state index is 10.6. The van der Waals surface area contributed by atoms with Crippen molar-refractivity contribution in [2.24, 2.45) is 0 Å². The van der Waals surface area contributed by atoms with E-state index in [-0.39, 0.29) is 23.0 Å². The van der Waals surface area contributed by atoms with Crippen LogP contribution in [0.2, 0.25) is 0 Å². The van der Waals surface area contributed by atoms with E-state index in [4.69, 9.17) is 5.11 Å². The van der Waals surface area contributed by atoms with Crippen LogP contribution in [0.5, 0.6) is 11.5 Å². The largest absolute Gasteiger partial charge is 0.508 e. The minimum absolute atomic E-state index is 0.167. The van der Waals surface area contributed by atoms with Crippen molar-refractivity contribution >= 4 is 11.9 Å². The molecule has 4 nitrogen and oxygen atoms in total.